The standard InChI is InChI=1S/C19H13F6NO5/c1-29-16(27)8-15(18(28)30-2)26-14-4-3-10(7-11(14)20)31-17-12(21)5-9(6-13(17)22)19(23,24)25/h3-8,26H,1-2H3/b15-8+. The van der Waals surface area contributed by atoms with Gasteiger partial charge < -0.3 is 19.5 Å². The Morgan fingerprint density at radius 1 is 0.935 bits per heavy atom. The van der Waals surface area contributed by atoms with E-state index in [4.69, 9.17) is 4.74 Å². The molecule has 166 valence electrons. The fraction of sp³-hybridized carbons (Fsp3) is 0.158. The quantitative estimate of drug-likeness (QED) is 0.396. The Balaban J connectivity index is 2.30. The van der Waals surface area contributed by atoms with Gasteiger partial charge in [-0.05, 0) is 24.3 Å². The Bertz CT molecular complexity index is 1010. The molecule has 0 unspecified atom stereocenters. The molecule has 1 N–H and O–H groups in total. The van der Waals surface area contributed by atoms with Crippen LogP contribution < -0.4 is 10.1 Å². The number of rotatable bonds is 6. The number of halogens is 6. The average molecular weight is 449 g/mol. The molecule has 0 aliphatic rings. The first-order valence-corrected chi connectivity index (χ1v) is 8.15. The number of hydrogen-bond acceptors (Lipinski definition) is 6. The van der Waals surface area contributed by atoms with E-state index in [1.54, 1.807) is 0 Å². The summed E-state index contributed by atoms with van der Waals surface area (Å²) in [6, 6.07) is 2.70. The lowest BCUT2D eigenvalue weighted by Crippen LogP contribution is -2.16. The predicted octanol–water partition coefficient (Wildman–Crippen LogP) is 4.56. The van der Waals surface area contributed by atoms with E-state index in [-0.39, 0.29) is 17.8 Å². The molecule has 0 aromatic heterocycles. The molecule has 0 amide bonds. The van der Waals surface area contributed by atoms with E-state index >= 15 is 0 Å². The van der Waals surface area contributed by atoms with Crippen molar-refractivity contribution in [1.82, 2.24) is 0 Å². The van der Waals surface area contributed by atoms with E-state index in [0.29, 0.717) is 12.1 Å². The first-order chi connectivity index (χ1) is 14.5. The first kappa shape index (κ1) is 23.6. The van der Waals surface area contributed by atoms with Crippen molar-refractivity contribution in [3.63, 3.8) is 0 Å². The van der Waals surface area contributed by atoms with Gasteiger partial charge in [0.1, 0.15) is 17.3 Å². The van der Waals surface area contributed by atoms with Crippen LogP contribution in [0.15, 0.2) is 42.1 Å². The minimum atomic E-state index is -4.98. The highest BCUT2D eigenvalue weighted by Gasteiger charge is 2.33. The van der Waals surface area contributed by atoms with Crippen LogP contribution in [0.2, 0.25) is 0 Å². The van der Waals surface area contributed by atoms with E-state index in [0.717, 1.165) is 26.4 Å². The molecule has 6 nitrogen and oxygen atoms in total. The minimum absolute atomic E-state index is 0.0327. The molecule has 0 saturated carbocycles. The SMILES string of the molecule is COC(=O)/C=C(/Nc1ccc(Oc2c(F)cc(C(F)(F)F)cc2F)cc1F)C(=O)OC. The second-order valence-corrected chi connectivity index (χ2v) is 5.71. The summed E-state index contributed by atoms with van der Waals surface area (Å²) in [6.45, 7) is 0. The second-order valence-electron chi connectivity index (χ2n) is 5.71. The Kier molecular flexibility index (Phi) is 7.16. The van der Waals surface area contributed by atoms with Gasteiger partial charge in [0.25, 0.3) is 0 Å². The van der Waals surface area contributed by atoms with Crippen LogP contribution in [-0.4, -0.2) is 26.2 Å². The van der Waals surface area contributed by atoms with E-state index < -0.39 is 58.3 Å². The maximum atomic E-state index is 14.3. The van der Waals surface area contributed by atoms with Crippen molar-refractivity contribution in [2.24, 2.45) is 0 Å². The molecule has 0 fully saturated rings. The molecule has 0 heterocycles. The molecule has 2 rings (SSSR count). The first-order valence-electron chi connectivity index (χ1n) is 8.15. The topological polar surface area (TPSA) is 73.9 Å². The van der Waals surface area contributed by atoms with Crippen molar-refractivity contribution in [1.29, 1.82) is 0 Å². The van der Waals surface area contributed by atoms with Gasteiger partial charge in [0.15, 0.2) is 17.4 Å². The lowest BCUT2D eigenvalue weighted by molar-refractivity contribution is -0.138. The fourth-order valence-electron chi connectivity index (χ4n) is 2.18. The largest absolute Gasteiger partial charge is 0.466 e. The molecule has 31 heavy (non-hydrogen) atoms. The van der Waals surface area contributed by atoms with Crippen LogP contribution in [0.4, 0.5) is 32.0 Å². The van der Waals surface area contributed by atoms with E-state index in [1.807, 2.05) is 0 Å². The number of anilines is 1. The van der Waals surface area contributed by atoms with Gasteiger partial charge in [-0.2, -0.15) is 13.2 Å². The van der Waals surface area contributed by atoms with Crippen molar-refractivity contribution in [2.45, 2.75) is 6.18 Å². The van der Waals surface area contributed by atoms with Gasteiger partial charge >= 0.3 is 18.1 Å². The van der Waals surface area contributed by atoms with E-state index in [1.165, 1.54) is 0 Å². The van der Waals surface area contributed by atoms with E-state index in [9.17, 15) is 35.9 Å². The van der Waals surface area contributed by atoms with Gasteiger partial charge in [-0.15, -0.1) is 0 Å². The number of carbonyl (C=O) groups is 2. The summed E-state index contributed by atoms with van der Waals surface area (Å²) in [5.41, 5.74) is -2.41. The molecular formula is C19H13F6NO5. The number of esters is 2. The van der Waals surface area contributed by atoms with Crippen LogP contribution in [0.1, 0.15) is 5.56 Å². The summed E-state index contributed by atoms with van der Waals surface area (Å²) >= 11 is 0. The van der Waals surface area contributed by atoms with Gasteiger partial charge in [-0.25, -0.2) is 22.8 Å². The number of ether oxygens (including phenoxy) is 3. The molecule has 12 heteroatoms. The molecule has 0 aliphatic heterocycles. The highest BCUT2D eigenvalue weighted by Crippen LogP contribution is 2.36. The number of alkyl halides is 3. The minimum Gasteiger partial charge on any atom is -0.466 e. The molecule has 2 aromatic rings. The van der Waals surface area contributed by atoms with Crippen LogP contribution >= 0.6 is 0 Å². The van der Waals surface area contributed by atoms with Gasteiger partial charge in [0.2, 0.25) is 0 Å². The summed E-state index contributed by atoms with van der Waals surface area (Å²) in [5.74, 6) is -8.00. The second kappa shape index (κ2) is 9.41. The van der Waals surface area contributed by atoms with Gasteiger partial charge in [0.05, 0.1) is 31.5 Å². The van der Waals surface area contributed by atoms with Gasteiger partial charge in [-0.1, -0.05) is 0 Å². The van der Waals surface area contributed by atoms with Crippen LogP contribution in [-0.2, 0) is 25.2 Å². The zero-order valence-electron chi connectivity index (χ0n) is 15.8. The normalized spacial score (nSPS) is 11.7. The van der Waals surface area contributed by atoms with Crippen molar-refractivity contribution >= 4 is 17.6 Å². The third-order valence-electron chi connectivity index (χ3n) is 3.62. The molecule has 2 aromatic carbocycles. The molecule has 0 spiro atoms. The summed E-state index contributed by atoms with van der Waals surface area (Å²) in [6.07, 6.45) is -4.28. The van der Waals surface area contributed by atoms with Gasteiger partial charge in [-0.3, -0.25) is 0 Å². The average Bonchev–Trinajstić information content (AvgIpc) is 2.70. The molecular weight excluding hydrogens is 436 g/mol. The number of hydrogen-bond donors (Lipinski definition) is 1. The monoisotopic (exact) mass is 449 g/mol. The van der Waals surface area contributed by atoms with Crippen LogP contribution in [0.5, 0.6) is 11.5 Å². The summed E-state index contributed by atoms with van der Waals surface area (Å²) in [4.78, 5) is 23.0. The summed E-state index contributed by atoms with van der Waals surface area (Å²) < 4.78 is 93.5. The number of carbonyl (C=O) groups excluding carboxylic acids is 2. The fourth-order valence-corrected chi connectivity index (χ4v) is 2.18. The zero-order chi connectivity index (χ0) is 23.3. The molecule has 0 bridgehead atoms. The lowest BCUT2D eigenvalue weighted by Gasteiger charge is -2.13. The van der Waals surface area contributed by atoms with Crippen molar-refractivity contribution in [3.8, 4) is 11.5 Å². The Hall–Kier alpha value is -3.70. The number of methoxy groups -OCH3 is 2. The van der Waals surface area contributed by atoms with Crippen molar-refractivity contribution in [3.05, 3.63) is 65.1 Å². The van der Waals surface area contributed by atoms with Crippen molar-refractivity contribution < 1.29 is 50.1 Å². The predicted molar refractivity (Wildman–Crippen MR) is 93.6 cm³/mol. The maximum absolute atomic E-state index is 14.3. The summed E-state index contributed by atoms with van der Waals surface area (Å²) in [5, 5.41) is 2.28. The van der Waals surface area contributed by atoms with Crippen LogP contribution in [0, 0.1) is 17.5 Å². The number of benzene rings is 2. The zero-order valence-corrected chi connectivity index (χ0v) is 15.8. The Morgan fingerprint density at radius 3 is 2.03 bits per heavy atom. The van der Waals surface area contributed by atoms with Crippen LogP contribution in [0.3, 0.4) is 0 Å². The molecule has 0 saturated heterocycles. The Labute approximate surface area is 171 Å². The smallest absolute Gasteiger partial charge is 0.416 e. The van der Waals surface area contributed by atoms with E-state index in [2.05, 4.69) is 14.8 Å². The Morgan fingerprint density at radius 2 is 1.55 bits per heavy atom. The third-order valence-corrected chi connectivity index (χ3v) is 3.62. The number of nitrogens with one attached hydrogen (secondary N) is 1. The molecule has 0 atom stereocenters. The highest BCUT2D eigenvalue weighted by molar-refractivity contribution is 5.98. The van der Waals surface area contributed by atoms with Gasteiger partial charge in [0, 0.05) is 6.07 Å². The molecule has 0 radical (unpaired) electrons. The van der Waals surface area contributed by atoms with Crippen LogP contribution in [0.25, 0.3) is 0 Å². The highest BCUT2D eigenvalue weighted by atomic mass is 19.4. The lowest BCUT2D eigenvalue weighted by atomic mass is 10.2. The van der Waals surface area contributed by atoms with Crippen molar-refractivity contribution in [2.75, 3.05) is 19.5 Å². The molecule has 0 aliphatic carbocycles. The third kappa shape index (κ3) is 5.90. The maximum Gasteiger partial charge on any atom is 0.416 e. The summed E-state index contributed by atoms with van der Waals surface area (Å²) in [7, 11) is 2.05.